The van der Waals surface area contributed by atoms with E-state index < -0.39 is 12.0 Å². The van der Waals surface area contributed by atoms with Crippen molar-refractivity contribution in [2.45, 2.75) is 26.9 Å². The van der Waals surface area contributed by atoms with Gasteiger partial charge in [-0.3, -0.25) is 20.4 Å². The van der Waals surface area contributed by atoms with Crippen LogP contribution in [0.1, 0.15) is 28.4 Å². The van der Waals surface area contributed by atoms with Crippen molar-refractivity contribution in [1.82, 2.24) is 10.9 Å². The van der Waals surface area contributed by atoms with Crippen LogP contribution >= 0.6 is 0 Å². The van der Waals surface area contributed by atoms with E-state index in [0.29, 0.717) is 11.3 Å². The topological polar surface area (TPSA) is 67.4 Å². The van der Waals surface area contributed by atoms with Crippen molar-refractivity contribution in [3.8, 4) is 5.75 Å². The third-order valence-corrected chi connectivity index (χ3v) is 4.56. The highest BCUT2D eigenvalue weighted by Gasteiger charge is 2.17. The second kappa shape index (κ2) is 7.91. The minimum absolute atomic E-state index is 0.376. The van der Waals surface area contributed by atoms with Gasteiger partial charge in [0.2, 0.25) is 0 Å². The summed E-state index contributed by atoms with van der Waals surface area (Å²) in [7, 11) is 0. The van der Waals surface area contributed by atoms with Crippen molar-refractivity contribution < 1.29 is 14.3 Å². The Balaban J connectivity index is 1.64. The minimum atomic E-state index is -0.752. The van der Waals surface area contributed by atoms with E-state index in [1.54, 1.807) is 13.0 Å². The SMILES string of the molecule is Cc1cccc(OC(C)C(=O)NNC(=O)c2cccc3ccccc23)c1C. The number of hydrogen-bond donors (Lipinski definition) is 2. The van der Waals surface area contributed by atoms with Crippen LogP contribution in [0.4, 0.5) is 0 Å². The molecule has 0 aliphatic rings. The Morgan fingerprint density at radius 1 is 0.889 bits per heavy atom. The van der Waals surface area contributed by atoms with Crippen LogP contribution in [0.5, 0.6) is 5.75 Å². The van der Waals surface area contributed by atoms with E-state index in [2.05, 4.69) is 10.9 Å². The maximum atomic E-state index is 12.5. The van der Waals surface area contributed by atoms with E-state index in [1.165, 1.54) is 0 Å². The average Bonchev–Trinajstić information content (AvgIpc) is 2.68. The average molecular weight is 362 g/mol. The maximum Gasteiger partial charge on any atom is 0.279 e. The molecule has 0 aliphatic heterocycles. The van der Waals surface area contributed by atoms with Gasteiger partial charge in [0.25, 0.3) is 11.8 Å². The number of benzene rings is 3. The summed E-state index contributed by atoms with van der Waals surface area (Å²) in [6, 6.07) is 18.7. The quantitative estimate of drug-likeness (QED) is 0.696. The monoisotopic (exact) mass is 362 g/mol. The Morgan fingerprint density at radius 2 is 1.59 bits per heavy atom. The molecular formula is C22H22N2O3. The predicted octanol–water partition coefficient (Wildman–Crippen LogP) is 3.69. The molecule has 138 valence electrons. The highest BCUT2D eigenvalue weighted by molar-refractivity contribution is 6.07. The summed E-state index contributed by atoms with van der Waals surface area (Å²) in [6.45, 7) is 5.57. The van der Waals surface area contributed by atoms with E-state index >= 15 is 0 Å². The van der Waals surface area contributed by atoms with Crippen molar-refractivity contribution in [3.63, 3.8) is 0 Å². The molecule has 0 radical (unpaired) electrons. The van der Waals surface area contributed by atoms with E-state index in [4.69, 9.17) is 4.74 Å². The summed E-state index contributed by atoms with van der Waals surface area (Å²) in [6.07, 6.45) is -0.752. The Morgan fingerprint density at radius 3 is 2.41 bits per heavy atom. The van der Waals surface area contributed by atoms with Crippen molar-refractivity contribution in [1.29, 1.82) is 0 Å². The summed E-state index contributed by atoms with van der Waals surface area (Å²) in [5.74, 6) is -0.151. The zero-order chi connectivity index (χ0) is 19.4. The van der Waals surface area contributed by atoms with Crippen molar-refractivity contribution in [2.75, 3.05) is 0 Å². The van der Waals surface area contributed by atoms with Gasteiger partial charge in [0.05, 0.1) is 0 Å². The fraction of sp³-hybridized carbons (Fsp3) is 0.182. The molecule has 1 atom stereocenters. The van der Waals surface area contributed by atoms with E-state index in [0.717, 1.165) is 21.9 Å². The first-order valence-corrected chi connectivity index (χ1v) is 8.78. The molecule has 0 heterocycles. The van der Waals surface area contributed by atoms with Crippen LogP contribution in [0.15, 0.2) is 60.7 Å². The van der Waals surface area contributed by atoms with Crippen LogP contribution in [0, 0.1) is 13.8 Å². The number of amides is 2. The Hall–Kier alpha value is -3.34. The Labute approximate surface area is 158 Å². The van der Waals surface area contributed by atoms with Crippen LogP contribution < -0.4 is 15.6 Å². The smallest absolute Gasteiger partial charge is 0.279 e. The molecule has 2 N–H and O–H groups in total. The predicted molar refractivity (Wildman–Crippen MR) is 106 cm³/mol. The number of hydrazine groups is 1. The standard InChI is InChI=1S/C22H22N2O3/c1-14-8-6-13-20(15(14)2)27-16(3)21(25)23-24-22(26)19-12-7-10-17-9-4-5-11-18(17)19/h4-13,16H,1-3H3,(H,23,25)(H,24,26). The molecule has 0 spiro atoms. The lowest BCUT2D eigenvalue weighted by Gasteiger charge is -2.17. The molecule has 3 aromatic rings. The molecule has 0 saturated heterocycles. The first-order chi connectivity index (χ1) is 13.0. The number of nitrogens with one attached hydrogen (secondary N) is 2. The maximum absolute atomic E-state index is 12.5. The summed E-state index contributed by atoms with van der Waals surface area (Å²) >= 11 is 0. The fourth-order valence-corrected chi connectivity index (χ4v) is 2.81. The van der Waals surface area contributed by atoms with Crippen LogP contribution in [-0.4, -0.2) is 17.9 Å². The Bertz CT molecular complexity index is 993. The third-order valence-electron chi connectivity index (χ3n) is 4.56. The number of ether oxygens (including phenoxy) is 1. The van der Waals surface area contributed by atoms with Crippen LogP contribution in [0.2, 0.25) is 0 Å². The molecule has 0 bridgehead atoms. The molecular weight excluding hydrogens is 340 g/mol. The third kappa shape index (κ3) is 4.08. The highest BCUT2D eigenvalue weighted by atomic mass is 16.5. The van der Waals surface area contributed by atoms with Crippen LogP contribution in [-0.2, 0) is 4.79 Å². The van der Waals surface area contributed by atoms with Crippen LogP contribution in [0.3, 0.4) is 0 Å². The number of carbonyl (C=O) groups is 2. The summed E-state index contributed by atoms with van der Waals surface area (Å²) < 4.78 is 5.73. The van der Waals surface area contributed by atoms with Gasteiger partial charge < -0.3 is 4.74 Å². The Kier molecular flexibility index (Phi) is 5.41. The van der Waals surface area contributed by atoms with E-state index in [-0.39, 0.29) is 5.91 Å². The molecule has 0 aromatic heterocycles. The van der Waals surface area contributed by atoms with Gasteiger partial charge >= 0.3 is 0 Å². The summed E-state index contributed by atoms with van der Waals surface area (Å²) in [5.41, 5.74) is 7.47. The van der Waals surface area contributed by atoms with Gasteiger partial charge in [-0.2, -0.15) is 0 Å². The molecule has 3 aromatic carbocycles. The number of aryl methyl sites for hydroxylation is 1. The molecule has 0 fully saturated rings. The second-order valence-electron chi connectivity index (χ2n) is 6.43. The number of rotatable bonds is 4. The van der Waals surface area contributed by atoms with Gasteiger partial charge in [0.1, 0.15) is 5.75 Å². The van der Waals surface area contributed by atoms with E-state index in [9.17, 15) is 9.59 Å². The lowest BCUT2D eigenvalue weighted by Crippen LogP contribution is -2.47. The van der Waals surface area contributed by atoms with Crippen molar-refractivity contribution in [3.05, 3.63) is 77.4 Å². The molecule has 2 amide bonds. The molecule has 1 unspecified atom stereocenters. The zero-order valence-electron chi connectivity index (χ0n) is 15.6. The van der Waals surface area contributed by atoms with Gasteiger partial charge in [-0.1, -0.05) is 48.5 Å². The first-order valence-electron chi connectivity index (χ1n) is 8.78. The largest absolute Gasteiger partial charge is 0.481 e. The summed E-state index contributed by atoms with van der Waals surface area (Å²) in [5, 5.41) is 1.79. The first kappa shape index (κ1) is 18.5. The molecule has 0 aliphatic carbocycles. The summed E-state index contributed by atoms with van der Waals surface area (Å²) in [4.78, 5) is 24.8. The number of fused-ring (bicyclic) bond motifs is 1. The normalized spacial score (nSPS) is 11.7. The molecule has 5 nitrogen and oxygen atoms in total. The molecule has 0 saturated carbocycles. The van der Waals surface area contributed by atoms with Gasteiger partial charge in [-0.15, -0.1) is 0 Å². The zero-order valence-corrected chi connectivity index (χ0v) is 15.6. The fourth-order valence-electron chi connectivity index (χ4n) is 2.81. The molecule has 3 rings (SSSR count). The number of hydrogen-bond acceptors (Lipinski definition) is 3. The lowest BCUT2D eigenvalue weighted by molar-refractivity contribution is -0.128. The van der Waals surface area contributed by atoms with Crippen LogP contribution in [0.25, 0.3) is 10.8 Å². The van der Waals surface area contributed by atoms with Gasteiger partial charge in [0.15, 0.2) is 6.10 Å². The highest BCUT2D eigenvalue weighted by Crippen LogP contribution is 2.22. The molecule has 27 heavy (non-hydrogen) atoms. The molecule has 5 heteroatoms. The number of carbonyl (C=O) groups excluding carboxylic acids is 2. The lowest BCUT2D eigenvalue weighted by atomic mass is 10.0. The minimum Gasteiger partial charge on any atom is -0.481 e. The van der Waals surface area contributed by atoms with Gasteiger partial charge in [-0.25, -0.2) is 0 Å². The van der Waals surface area contributed by atoms with Gasteiger partial charge in [-0.05, 0) is 54.8 Å². The van der Waals surface area contributed by atoms with Crippen molar-refractivity contribution in [2.24, 2.45) is 0 Å². The van der Waals surface area contributed by atoms with Gasteiger partial charge in [0, 0.05) is 5.56 Å². The van der Waals surface area contributed by atoms with E-state index in [1.807, 2.05) is 68.4 Å². The second-order valence-corrected chi connectivity index (χ2v) is 6.43. The van der Waals surface area contributed by atoms with Crippen molar-refractivity contribution >= 4 is 22.6 Å².